The number of carbonyl (C=O) groups is 1. The Balaban J connectivity index is 2.10. The van der Waals surface area contributed by atoms with Crippen molar-refractivity contribution >= 4 is 28.9 Å². The monoisotopic (exact) mass is 328 g/mol. The Hall–Kier alpha value is -1.44. The molecule has 0 amide bonds. The van der Waals surface area contributed by atoms with Crippen molar-refractivity contribution in [2.75, 3.05) is 0 Å². The lowest BCUT2D eigenvalue weighted by Gasteiger charge is -2.11. The Bertz CT molecular complexity index is 680. The molecule has 0 fully saturated rings. The molecule has 1 unspecified atom stereocenters. The molecule has 0 aliphatic heterocycles. The number of hydrogen-bond donors (Lipinski definition) is 2. The number of aromatic carboxylic acids is 1. The van der Waals surface area contributed by atoms with Crippen molar-refractivity contribution in [1.29, 1.82) is 0 Å². The van der Waals surface area contributed by atoms with Gasteiger partial charge in [-0.3, -0.25) is 4.68 Å². The highest BCUT2D eigenvalue weighted by atomic mass is 35.5. The number of hydrogen-bond acceptors (Lipinski definition) is 5. The molecular weight excluding hydrogens is 312 g/mol. The highest BCUT2D eigenvalue weighted by molar-refractivity contribution is 7.11. The molecule has 0 aliphatic rings. The minimum Gasteiger partial charge on any atom is -0.476 e. The van der Waals surface area contributed by atoms with Gasteiger partial charge in [0.2, 0.25) is 0 Å². The van der Waals surface area contributed by atoms with E-state index in [1.807, 2.05) is 20.9 Å². The Morgan fingerprint density at radius 1 is 1.52 bits per heavy atom. The lowest BCUT2D eigenvalue weighted by atomic mass is 10.3. The van der Waals surface area contributed by atoms with Gasteiger partial charge in [-0.2, -0.15) is 5.10 Å². The number of rotatable bonds is 5. The van der Waals surface area contributed by atoms with E-state index >= 15 is 0 Å². The molecule has 2 rings (SSSR count). The summed E-state index contributed by atoms with van der Waals surface area (Å²) in [7, 11) is 1.84. The fourth-order valence-corrected chi connectivity index (χ4v) is 3.18. The van der Waals surface area contributed by atoms with Gasteiger partial charge in [0.1, 0.15) is 5.01 Å². The standard InChI is InChI=1S/C13H17ClN4O2S/c1-6-10(14)9(18(4)17-6)5-15-7(2)12-16-11(13(19)20)8(3)21-12/h7,15H,5H2,1-4H3,(H,19,20). The normalized spacial score (nSPS) is 12.6. The largest absolute Gasteiger partial charge is 0.476 e. The summed E-state index contributed by atoms with van der Waals surface area (Å²) in [6.07, 6.45) is 0. The van der Waals surface area contributed by atoms with Crippen molar-refractivity contribution in [3.05, 3.63) is 32.0 Å². The van der Waals surface area contributed by atoms with E-state index in [0.29, 0.717) is 16.4 Å². The van der Waals surface area contributed by atoms with Crippen LogP contribution in [0.2, 0.25) is 5.02 Å². The lowest BCUT2D eigenvalue weighted by Crippen LogP contribution is -2.20. The third-order valence-corrected chi connectivity index (χ3v) is 4.87. The maximum absolute atomic E-state index is 11.0. The number of aryl methyl sites for hydroxylation is 3. The molecule has 21 heavy (non-hydrogen) atoms. The van der Waals surface area contributed by atoms with Gasteiger partial charge in [-0.15, -0.1) is 11.3 Å². The predicted octanol–water partition coefficient (Wildman–Crippen LogP) is 2.70. The summed E-state index contributed by atoms with van der Waals surface area (Å²) in [6, 6.07) is -0.0620. The molecular formula is C13H17ClN4O2S. The second kappa shape index (κ2) is 6.13. The van der Waals surface area contributed by atoms with Gasteiger partial charge in [0.05, 0.1) is 22.5 Å². The first-order valence-corrected chi connectivity index (χ1v) is 7.62. The van der Waals surface area contributed by atoms with Crippen molar-refractivity contribution in [3.63, 3.8) is 0 Å². The van der Waals surface area contributed by atoms with E-state index in [4.69, 9.17) is 16.7 Å². The van der Waals surface area contributed by atoms with Crippen molar-refractivity contribution < 1.29 is 9.90 Å². The number of carboxylic acid groups (broad SMARTS) is 1. The van der Waals surface area contributed by atoms with Crippen LogP contribution >= 0.6 is 22.9 Å². The smallest absolute Gasteiger partial charge is 0.355 e. The van der Waals surface area contributed by atoms with Crippen molar-refractivity contribution in [2.24, 2.45) is 7.05 Å². The number of carboxylic acids is 1. The minimum absolute atomic E-state index is 0.0620. The summed E-state index contributed by atoms with van der Waals surface area (Å²) in [4.78, 5) is 15.9. The molecule has 1 atom stereocenters. The van der Waals surface area contributed by atoms with Gasteiger partial charge in [-0.1, -0.05) is 11.6 Å². The molecule has 0 bridgehead atoms. The highest BCUT2D eigenvalue weighted by Crippen LogP contribution is 2.24. The Morgan fingerprint density at radius 3 is 2.67 bits per heavy atom. The molecule has 0 radical (unpaired) electrons. The molecule has 8 heteroatoms. The lowest BCUT2D eigenvalue weighted by molar-refractivity contribution is 0.0690. The second-order valence-electron chi connectivity index (χ2n) is 4.83. The van der Waals surface area contributed by atoms with Crippen molar-refractivity contribution in [1.82, 2.24) is 20.1 Å². The molecule has 114 valence electrons. The number of aromatic nitrogens is 3. The molecule has 2 N–H and O–H groups in total. The average Bonchev–Trinajstić information content (AvgIpc) is 2.90. The number of halogens is 1. The van der Waals surface area contributed by atoms with Crippen LogP contribution in [0.5, 0.6) is 0 Å². The van der Waals surface area contributed by atoms with Crippen LogP contribution in [-0.4, -0.2) is 25.8 Å². The topological polar surface area (TPSA) is 80.0 Å². The quantitative estimate of drug-likeness (QED) is 0.882. The first kappa shape index (κ1) is 15.9. The summed E-state index contributed by atoms with van der Waals surface area (Å²) in [5.74, 6) is -0.993. The Morgan fingerprint density at radius 2 is 2.19 bits per heavy atom. The van der Waals surface area contributed by atoms with Crippen LogP contribution in [0.4, 0.5) is 0 Å². The zero-order chi connectivity index (χ0) is 15.7. The molecule has 0 saturated heterocycles. The molecule has 0 aromatic carbocycles. The number of nitrogens with one attached hydrogen (secondary N) is 1. The second-order valence-corrected chi connectivity index (χ2v) is 6.45. The maximum Gasteiger partial charge on any atom is 0.355 e. The van der Waals surface area contributed by atoms with Gasteiger partial charge in [-0.25, -0.2) is 9.78 Å². The summed E-state index contributed by atoms with van der Waals surface area (Å²) < 4.78 is 1.74. The van der Waals surface area contributed by atoms with E-state index in [2.05, 4.69) is 15.4 Å². The average molecular weight is 329 g/mol. The van der Waals surface area contributed by atoms with Crippen LogP contribution < -0.4 is 5.32 Å². The van der Waals surface area contributed by atoms with Gasteiger partial charge in [0.25, 0.3) is 0 Å². The summed E-state index contributed by atoms with van der Waals surface area (Å²) in [5.41, 5.74) is 1.81. The van der Waals surface area contributed by atoms with E-state index in [1.165, 1.54) is 11.3 Å². The molecule has 0 spiro atoms. The van der Waals surface area contributed by atoms with E-state index in [-0.39, 0.29) is 11.7 Å². The highest BCUT2D eigenvalue weighted by Gasteiger charge is 2.18. The summed E-state index contributed by atoms with van der Waals surface area (Å²) >= 11 is 7.59. The zero-order valence-corrected chi connectivity index (χ0v) is 13.8. The fourth-order valence-electron chi connectivity index (χ4n) is 2.01. The predicted molar refractivity (Wildman–Crippen MR) is 82.0 cm³/mol. The van der Waals surface area contributed by atoms with E-state index in [1.54, 1.807) is 11.6 Å². The van der Waals surface area contributed by atoms with Crippen LogP contribution in [0.25, 0.3) is 0 Å². The fraction of sp³-hybridized carbons (Fsp3) is 0.462. The van der Waals surface area contributed by atoms with Gasteiger partial charge in [0, 0.05) is 18.5 Å². The van der Waals surface area contributed by atoms with E-state index < -0.39 is 5.97 Å². The molecule has 2 heterocycles. The van der Waals surface area contributed by atoms with Gasteiger partial charge >= 0.3 is 5.97 Å². The van der Waals surface area contributed by atoms with Crippen molar-refractivity contribution in [3.8, 4) is 0 Å². The van der Waals surface area contributed by atoms with Gasteiger partial charge < -0.3 is 10.4 Å². The molecule has 6 nitrogen and oxygen atoms in total. The number of thiazole rings is 1. The van der Waals surface area contributed by atoms with E-state index in [9.17, 15) is 4.79 Å². The first-order chi connectivity index (χ1) is 9.81. The zero-order valence-electron chi connectivity index (χ0n) is 12.3. The molecule has 0 aliphatic carbocycles. The minimum atomic E-state index is -0.993. The van der Waals surface area contributed by atoms with E-state index in [0.717, 1.165) is 16.4 Å². The van der Waals surface area contributed by atoms with Crippen LogP contribution in [0.3, 0.4) is 0 Å². The Kier molecular flexibility index (Phi) is 4.65. The number of nitrogens with zero attached hydrogens (tertiary/aromatic N) is 3. The third kappa shape index (κ3) is 3.25. The van der Waals surface area contributed by atoms with Gasteiger partial charge in [-0.05, 0) is 20.8 Å². The molecule has 2 aromatic heterocycles. The van der Waals surface area contributed by atoms with Crippen LogP contribution in [0.1, 0.15) is 44.7 Å². The molecule has 2 aromatic rings. The van der Waals surface area contributed by atoms with Gasteiger partial charge in [0.15, 0.2) is 5.69 Å². The summed E-state index contributed by atoms with van der Waals surface area (Å²) in [5, 5.41) is 18.0. The SMILES string of the molecule is Cc1nn(C)c(CNC(C)c2nc(C(=O)O)c(C)s2)c1Cl. The third-order valence-electron chi connectivity index (χ3n) is 3.22. The van der Waals surface area contributed by atoms with Crippen LogP contribution in [-0.2, 0) is 13.6 Å². The summed E-state index contributed by atoms with van der Waals surface area (Å²) in [6.45, 7) is 6.11. The van der Waals surface area contributed by atoms with Crippen LogP contribution in [0.15, 0.2) is 0 Å². The van der Waals surface area contributed by atoms with Crippen molar-refractivity contribution in [2.45, 2.75) is 33.4 Å². The molecule has 0 saturated carbocycles. The van der Waals surface area contributed by atoms with Crippen LogP contribution in [0, 0.1) is 13.8 Å². The maximum atomic E-state index is 11.0. The Labute approximate surface area is 131 Å². The first-order valence-electron chi connectivity index (χ1n) is 6.43.